The largest absolute Gasteiger partial charge is 0.299 e. The number of likely N-dealkylation sites (tertiary alicyclic amines) is 1. The van der Waals surface area contributed by atoms with Crippen LogP contribution in [0.25, 0.3) is 0 Å². The SMILES string of the molecule is CCCCCCC/C=C/C(=O)N1C(=O)C(C(C)=O)C(=O)C1CC(C)C. The summed E-state index contributed by atoms with van der Waals surface area (Å²) < 4.78 is 0. The first kappa shape index (κ1) is 21.3. The van der Waals surface area contributed by atoms with Crippen molar-refractivity contribution in [2.45, 2.75) is 78.7 Å². The minimum Gasteiger partial charge on any atom is -0.299 e. The van der Waals surface area contributed by atoms with E-state index in [1.54, 1.807) is 6.08 Å². The summed E-state index contributed by atoms with van der Waals surface area (Å²) in [5.41, 5.74) is 0. The number of carbonyl (C=O) groups is 4. The van der Waals surface area contributed by atoms with Crippen LogP contribution in [0.3, 0.4) is 0 Å². The van der Waals surface area contributed by atoms with E-state index in [0.29, 0.717) is 6.42 Å². The number of rotatable bonds is 10. The zero-order valence-electron chi connectivity index (χ0n) is 15.9. The fourth-order valence-electron chi connectivity index (χ4n) is 3.17. The van der Waals surface area contributed by atoms with Crippen LogP contribution in [0.2, 0.25) is 0 Å². The van der Waals surface area contributed by atoms with E-state index in [2.05, 4.69) is 6.92 Å². The van der Waals surface area contributed by atoms with E-state index in [1.807, 2.05) is 13.8 Å². The molecule has 0 bridgehead atoms. The monoisotopic (exact) mass is 349 g/mol. The molecule has 0 aromatic carbocycles. The third-order valence-electron chi connectivity index (χ3n) is 4.48. The van der Waals surface area contributed by atoms with Crippen LogP contribution in [0.15, 0.2) is 12.2 Å². The Labute approximate surface area is 150 Å². The first-order valence-corrected chi connectivity index (χ1v) is 9.39. The predicted octanol–water partition coefficient (Wildman–Crippen LogP) is 3.46. The molecular weight excluding hydrogens is 318 g/mol. The van der Waals surface area contributed by atoms with Crippen molar-refractivity contribution in [3.8, 4) is 0 Å². The van der Waals surface area contributed by atoms with E-state index in [-0.39, 0.29) is 5.92 Å². The van der Waals surface area contributed by atoms with Gasteiger partial charge in [-0.1, -0.05) is 52.5 Å². The highest BCUT2D eigenvalue weighted by atomic mass is 16.2. The quantitative estimate of drug-likeness (QED) is 0.344. The maximum atomic E-state index is 12.5. The smallest absolute Gasteiger partial charge is 0.253 e. The van der Waals surface area contributed by atoms with Crippen molar-refractivity contribution in [3.63, 3.8) is 0 Å². The van der Waals surface area contributed by atoms with E-state index in [0.717, 1.165) is 24.2 Å². The third kappa shape index (κ3) is 5.91. The Balaban J connectivity index is 2.73. The number of Topliss-reactive ketones (excluding diaryl/α,β-unsaturated/α-hetero) is 2. The van der Waals surface area contributed by atoms with Gasteiger partial charge in [0, 0.05) is 0 Å². The summed E-state index contributed by atoms with van der Waals surface area (Å²) in [6, 6.07) is -0.817. The molecule has 0 N–H and O–H groups in total. The van der Waals surface area contributed by atoms with Gasteiger partial charge in [-0.2, -0.15) is 0 Å². The Kier molecular flexibility index (Phi) is 8.73. The molecule has 2 amide bonds. The van der Waals surface area contributed by atoms with E-state index in [1.165, 1.54) is 32.3 Å². The fraction of sp³-hybridized carbons (Fsp3) is 0.700. The standard InChI is InChI=1S/C20H31NO4/c1-5-6-7-8-9-10-11-12-17(23)21-16(13-14(2)3)19(24)18(15(4)22)20(21)25/h11-12,14,16,18H,5-10,13H2,1-4H3/b12-11+. The predicted molar refractivity (Wildman–Crippen MR) is 96.8 cm³/mol. The first-order chi connectivity index (χ1) is 11.8. The minimum atomic E-state index is -1.31. The molecule has 0 aromatic rings. The molecular formula is C20H31NO4. The normalized spacial score (nSPS) is 20.9. The Morgan fingerprint density at radius 2 is 1.76 bits per heavy atom. The van der Waals surface area contributed by atoms with Gasteiger partial charge < -0.3 is 0 Å². The van der Waals surface area contributed by atoms with Gasteiger partial charge in [-0.3, -0.25) is 24.1 Å². The van der Waals surface area contributed by atoms with Crippen LogP contribution < -0.4 is 0 Å². The van der Waals surface area contributed by atoms with Gasteiger partial charge in [0.05, 0.1) is 6.04 Å². The first-order valence-electron chi connectivity index (χ1n) is 9.39. The molecule has 2 unspecified atom stereocenters. The van der Waals surface area contributed by atoms with Gasteiger partial charge >= 0.3 is 0 Å². The average molecular weight is 349 g/mol. The molecule has 0 saturated carbocycles. The van der Waals surface area contributed by atoms with Crippen molar-refractivity contribution < 1.29 is 19.2 Å². The third-order valence-corrected chi connectivity index (χ3v) is 4.48. The highest BCUT2D eigenvalue weighted by Gasteiger charge is 2.51. The summed E-state index contributed by atoms with van der Waals surface area (Å²) in [5.74, 6) is -3.24. The van der Waals surface area contributed by atoms with Crippen molar-refractivity contribution in [1.82, 2.24) is 4.90 Å². The van der Waals surface area contributed by atoms with Crippen LogP contribution in [0.4, 0.5) is 0 Å². The van der Waals surface area contributed by atoms with Gasteiger partial charge in [-0.05, 0) is 38.2 Å². The number of amides is 2. The molecule has 1 rings (SSSR count). The molecule has 2 atom stereocenters. The highest BCUT2D eigenvalue weighted by molar-refractivity contribution is 6.27. The number of nitrogens with zero attached hydrogens (tertiary/aromatic N) is 1. The van der Waals surface area contributed by atoms with Crippen LogP contribution in [0.5, 0.6) is 0 Å². The van der Waals surface area contributed by atoms with Gasteiger partial charge in [0.1, 0.15) is 5.78 Å². The summed E-state index contributed by atoms with van der Waals surface area (Å²) in [6.07, 6.45) is 10.0. The Morgan fingerprint density at radius 3 is 2.32 bits per heavy atom. The summed E-state index contributed by atoms with van der Waals surface area (Å²) in [4.78, 5) is 50.0. The summed E-state index contributed by atoms with van der Waals surface area (Å²) in [6.45, 7) is 7.24. The molecule has 5 nitrogen and oxygen atoms in total. The lowest BCUT2D eigenvalue weighted by Crippen LogP contribution is -2.40. The Bertz CT molecular complexity index is 536. The number of allylic oxidation sites excluding steroid dienone is 1. The minimum absolute atomic E-state index is 0.144. The van der Waals surface area contributed by atoms with E-state index in [9.17, 15) is 19.2 Å². The maximum absolute atomic E-state index is 12.5. The van der Waals surface area contributed by atoms with Crippen LogP contribution in [0, 0.1) is 11.8 Å². The van der Waals surface area contributed by atoms with Gasteiger partial charge in [0.2, 0.25) is 5.91 Å². The number of imide groups is 1. The van der Waals surface area contributed by atoms with Gasteiger partial charge in [-0.15, -0.1) is 0 Å². The second-order valence-corrected chi connectivity index (χ2v) is 7.24. The van der Waals surface area contributed by atoms with Crippen LogP contribution in [-0.4, -0.2) is 34.3 Å². The summed E-state index contributed by atoms with van der Waals surface area (Å²) in [5, 5.41) is 0. The zero-order valence-corrected chi connectivity index (χ0v) is 15.9. The summed E-state index contributed by atoms with van der Waals surface area (Å²) >= 11 is 0. The lowest BCUT2D eigenvalue weighted by Gasteiger charge is -2.21. The molecule has 0 aromatic heterocycles. The number of carbonyl (C=O) groups excluding carboxylic acids is 4. The molecule has 0 aliphatic carbocycles. The number of hydrogen-bond donors (Lipinski definition) is 0. The van der Waals surface area contributed by atoms with E-state index in [4.69, 9.17) is 0 Å². The van der Waals surface area contributed by atoms with Crippen molar-refractivity contribution in [3.05, 3.63) is 12.2 Å². The zero-order chi connectivity index (χ0) is 19.0. The lowest BCUT2D eigenvalue weighted by atomic mass is 9.94. The van der Waals surface area contributed by atoms with Crippen molar-refractivity contribution in [1.29, 1.82) is 0 Å². The van der Waals surface area contributed by atoms with Gasteiger partial charge in [0.15, 0.2) is 11.7 Å². The van der Waals surface area contributed by atoms with Gasteiger partial charge in [-0.25, -0.2) is 0 Å². The molecule has 25 heavy (non-hydrogen) atoms. The fourth-order valence-corrected chi connectivity index (χ4v) is 3.17. The Hall–Kier alpha value is -1.78. The Morgan fingerprint density at radius 1 is 1.12 bits per heavy atom. The highest BCUT2D eigenvalue weighted by Crippen LogP contribution is 2.27. The molecule has 0 spiro atoms. The molecule has 5 heteroatoms. The second kappa shape index (κ2) is 10.3. The van der Waals surface area contributed by atoms with E-state index < -0.39 is 35.3 Å². The number of unbranched alkanes of at least 4 members (excludes halogenated alkanes) is 5. The molecule has 1 saturated heterocycles. The number of hydrogen-bond acceptors (Lipinski definition) is 4. The van der Waals surface area contributed by atoms with Crippen LogP contribution >= 0.6 is 0 Å². The second-order valence-electron chi connectivity index (χ2n) is 7.24. The molecule has 1 fully saturated rings. The molecule has 0 radical (unpaired) electrons. The lowest BCUT2D eigenvalue weighted by molar-refractivity contribution is -0.143. The van der Waals surface area contributed by atoms with E-state index >= 15 is 0 Å². The summed E-state index contributed by atoms with van der Waals surface area (Å²) in [7, 11) is 0. The topological polar surface area (TPSA) is 71.5 Å². The van der Waals surface area contributed by atoms with Crippen LogP contribution in [-0.2, 0) is 19.2 Å². The number of ketones is 2. The molecule has 1 aliphatic heterocycles. The van der Waals surface area contributed by atoms with Crippen molar-refractivity contribution in [2.75, 3.05) is 0 Å². The molecule has 1 aliphatic rings. The maximum Gasteiger partial charge on any atom is 0.253 e. The molecule has 140 valence electrons. The van der Waals surface area contributed by atoms with Crippen LogP contribution in [0.1, 0.15) is 72.6 Å². The van der Waals surface area contributed by atoms with Gasteiger partial charge in [0.25, 0.3) is 5.91 Å². The van der Waals surface area contributed by atoms with Crippen molar-refractivity contribution in [2.24, 2.45) is 11.8 Å². The average Bonchev–Trinajstić information content (AvgIpc) is 2.76. The van der Waals surface area contributed by atoms with Crippen molar-refractivity contribution >= 4 is 23.4 Å². The molecule has 1 heterocycles.